The van der Waals surface area contributed by atoms with Gasteiger partial charge in [0.25, 0.3) is 0 Å². The van der Waals surface area contributed by atoms with Gasteiger partial charge in [-0.05, 0) is 41.5 Å². The lowest BCUT2D eigenvalue weighted by Gasteiger charge is -2.13. The van der Waals surface area contributed by atoms with Gasteiger partial charge in [0.2, 0.25) is 0 Å². The lowest BCUT2D eigenvalue weighted by molar-refractivity contribution is 0.178. The third-order valence-corrected chi connectivity index (χ3v) is 3.72. The second-order valence-corrected chi connectivity index (χ2v) is 5.87. The van der Waals surface area contributed by atoms with Gasteiger partial charge in [0, 0.05) is 26.5 Å². The van der Waals surface area contributed by atoms with Crippen LogP contribution >= 0.6 is 46.4 Å². The molecule has 0 saturated carbocycles. The van der Waals surface area contributed by atoms with Gasteiger partial charge in [-0.15, -0.1) is 0 Å². The third-order valence-electron chi connectivity index (χ3n) is 2.70. The van der Waals surface area contributed by atoms with E-state index in [1.165, 1.54) is 0 Å². The maximum atomic E-state index is 10.2. The molecule has 0 aliphatic carbocycles. The van der Waals surface area contributed by atoms with Crippen LogP contribution in [0.4, 0.5) is 0 Å². The highest BCUT2D eigenvalue weighted by Gasteiger charge is 2.12. The van der Waals surface area contributed by atoms with Gasteiger partial charge in [-0.25, -0.2) is 0 Å². The molecular weight excluding hydrogens is 326 g/mol. The quantitative estimate of drug-likeness (QED) is 0.776. The summed E-state index contributed by atoms with van der Waals surface area (Å²) < 4.78 is 0. The van der Waals surface area contributed by atoms with Crippen LogP contribution in [0.2, 0.25) is 20.1 Å². The first-order valence-corrected chi connectivity index (χ1v) is 7.05. The SMILES string of the molecule is OC(Cc1ccc(Cl)cc1Cl)c1cc(Cl)cc(Cl)c1. The Morgan fingerprint density at radius 2 is 1.47 bits per heavy atom. The van der Waals surface area contributed by atoms with Gasteiger partial charge < -0.3 is 5.11 Å². The van der Waals surface area contributed by atoms with E-state index in [4.69, 9.17) is 46.4 Å². The van der Waals surface area contributed by atoms with Crippen molar-refractivity contribution in [3.05, 3.63) is 67.6 Å². The van der Waals surface area contributed by atoms with Crippen LogP contribution in [0, 0.1) is 0 Å². The summed E-state index contributed by atoms with van der Waals surface area (Å²) in [5.74, 6) is 0. The second kappa shape index (κ2) is 6.34. The number of aliphatic hydroxyl groups excluding tert-OH is 1. The molecule has 0 fully saturated rings. The highest BCUT2D eigenvalue weighted by atomic mass is 35.5. The van der Waals surface area contributed by atoms with Crippen molar-refractivity contribution in [1.82, 2.24) is 0 Å². The topological polar surface area (TPSA) is 20.2 Å². The molecule has 19 heavy (non-hydrogen) atoms. The normalized spacial score (nSPS) is 12.5. The number of benzene rings is 2. The molecule has 0 heterocycles. The zero-order valence-electron chi connectivity index (χ0n) is 9.71. The van der Waals surface area contributed by atoms with Gasteiger partial charge in [-0.3, -0.25) is 0 Å². The van der Waals surface area contributed by atoms with Gasteiger partial charge in [-0.2, -0.15) is 0 Å². The molecule has 2 aromatic carbocycles. The monoisotopic (exact) mass is 334 g/mol. The van der Waals surface area contributed by atoms with Crippen LogP contribution in [-0.2, 0) is 6.42 Å². The summed E-state index contributed by atoms with van der Waals surface area (Å²) in [6.45, 7) is 0. The van der Waals surface area contributed by atoms with Gasteiger partial charge in [0.15, 0.2) is 0 Å². The number of hydrogen-bond donors (Lipinski definition) is 1. The molecule has 0 saturated heterocycles. The molecule has 5 heteroatoms. The molecule has 1 atom stereocenters. The molecule has 0 radical (unpaired) electrons. The average Bonchev–Trinajstić information content (AvgIpc) is 2.31. The fraction of sp³-hybridized carbons (Fsp3) is 0.143. The van der Waals surface area contributed by atoms with Crippen molar-refractivity contribution < 1.29 is 5.11 Å². The van der Waals surface area contributed by atoms with Gasteiger partial charge in [-0.1, -0.05) is 52.5 Å². The zero-order valence-corrected chi connectivity index (χ0v) is 12.7. The molecule has 100 valence electrons. The molecule has 0 aliphatic rings. The predicted molar refractivity (Wildman–Crippen MR) is 81.6 cm³/mol. The van der Waals surface area contributed by atoms with E-state index in [2.05, 4.69) is 0 Å². The minimum absolute atomic E-state index is 0.368. The third kappa shape index (κ3) is 4.01. The van der Waals surface area contributed by atoms with Gasteiger partial charge in [0.1, 0.15) is 0 Å². The maximum absolute atomic E-state index is 10.2. The number of aliphatic hydroxyl groups is 1. The molecule has 2 rings (SSSR count). The Bertz CT molecular complexity index is 578. The fourth-order valence-electron chi connectivity index (χ4n) is 1.78. The Kier molecular flexibility index (Phi) is 4.99. The van der Waals surface area contributed by atoms with Crippen LogP contribution in [0.3, 0.4) is 0 Å². The Morgan fingerprint density at radius 1 is 0.842 bits per heavy atom. The molecule has 1 N–H and O–H groups in total. The van der Waals surface area contributed by atoms with Crippen LogP contribution in [0.25, 0.3) is 0 Å². The molecule has 0 aliphatic heterocycles. The van der Waals surface area contributed by atoms with Crippen LogP contribution in [-0.4, -0.2) is 5.11 Å². The van der Waals surface area contributed by atoms with Crippen molar-refractivity contribution >= 4 is 46.4 Å². The van der Waals surface area contributed by atoms with Crippen LogP contribution < -0.4 is 0 Å². The Balaban J connectivity index is 2.22. The largest absolute Gasteiger partial charge is 0.388 e. The Labute approximate surface area is 131 Å². The number of hydrogen-bond acceptors (Lipinski definition) is 1. The maximum Gasteiger partial charge on any atom is 0.0831 e. The lowest BCUT2D eigenvalue weighted by atomic mass is 10.0. The van der Waals surface area contributed by atoms with E-state index in [0.717, 1.165) is 5.56 Å². The summed E-state index contributed by atoms with van der Waals surface area (Å²) in [7, 11) is 0. The van der Waals surface area contributed by atoms with Gasteiger partial charge in [0.05, 0.1) is 6.10 Å². The highest BCUT2D eigenvalue weighted by molar-refractivity contribution is 6.35. The Hall–Kier alpha value is -0.440. The summed E-state index contributed by atoms with van der Waals surface area (Å²) in [4.78, 5) is 0. The molecule has 0 amide bonds. The van der Waals surface area contributed by atoms with Crippen molar-refractivity contribution in [3.63, 3.8) is 0 Å². The van der Waals surface area contributed by atoms with Crippen molar-refractivity contribution in [1.29, 1.82) is 0 Å². The van der Waals surface area contributed by atoms with Crippen molar-refractivity contribution in [3.8, 4) is 0 Å². The molecule has 0 spiro atoms. The van der Waals surface area contributed by atoms with Crippen LogP contribution in [0.5, 0.6) is 0 Å². The minimum atomic E-state index is -0.727. The van der Waals surface area contributed by atoms with E-state index in [1.807, 2.05) is 0 Å². The second-order valence-electron chi connectivity index (χ2n) is 4.16. The van der Waals surface area contributed by atoms with Crippen molar-refractivity contribution in [2.75, 3.05) is 0 Å². The summed E-state index contributed by atoms with van der Waals surface area (Å²) >= 11 is 23.7. The summed E-state index contributed by atoms with van der Waals surface area (Å²) in [6.07, 6.45) is -0.359. The minimum Gasteiger partial charge on any atom is -0.388 e. The smallest absolute Gasteiger partial charge is 0.0831 e. The van der Waals surface area contributed by atoms with E-state index in [0.29, 0.717) is 32.1 Å². The first-order valence-electron chi connectivity index (χ1n) is 5.53. The molecule has 0 bridgehead atoms. The van der Waals surface area contributed by atoms with Crippen LogP contribution in [0.1, 0.15) is 17.2 Å². The van der Waals surface area contributed by atoms with Crippen molar-refractivity contribution in [2.24, 2.45) is 0 Å². The summed E-state index contributed by atoms with van der Waals surface area (Å²) in [5.41, 5.74) is 1.47. The average molecular weight is 336 g/mol. The fourth-order valence-corrected chi connectivity index (χ4v) is 2.81. The summed E-state index contributed by atoms with van der Waals surface area (Å²) in [6, 6.07) is 10.2. The molecule has 2 aromatic rings. The van der Waals surface area contributed by atoms with Crippen LogP contribution in [0.15, 0.2) is 36.4 Å². The van der Waals surface area contributed by atoms with E-state index >= 15 is 0 Å². The highest BCUT2D eigenvalue weighted by Crippen LogP contribution is 2.29. The first kappa shape index (κ1) is 15.0. The van der Waals surface area contributed by atoms with E-state index in [9.17, 15) is 5.11 Å². The number of halogens is 4. The standard InChI is InChI=1S/C14H10Cl4O/c15-10-2-1-8(13(18)7-10)5-14(19)9-3-11(16)6-12(17)4-9/h1-4,6-7,14,19H,5H2. The molecule has 1 unspecified atom stereocenters. The summed E-state index contributed by atoms with van der Waals surface area (Å²) in [5, 5.41) is 12.3. The predicted octanol–water partition coefficient (Wildman–Crippen LogP) is 5.58. The van der Waals surface area contributed by atoms with E-state index < -0.39 is 6.10 Å². The zero-order chi connectivity index (χ0) is 14.0. The lowest BCUT2D eigenvalue weighted by Crippen LogP contribution is -2.02. The van der Waals surface area contributed by atoms with E-state index in [1.54, 1.807) is 36.4 Å². The molecular formula is C14H10Cl4O. The van der Waals surface area contributed by atoms with Crippen molar-refractivity contribution in [2.45, 2.75) is 12.5 Å². The molecule has 0 aromatic heterocycles. The molecule has 1 nitrogen and oxygen atoms in total. The first-order chi connectivity index (χ1) is 8.95. The van der Waals surface area contributed by atoms with Gasteiger partial charge >= 0.3 is 0 Å². The van der Waals surface area contributed by atoms with E-state index in [-0.39, 0.29) is 0 Å². The number of rotatable bonds is 3. The Morgan fingerprint density at radius 3 is 2.05 bits per heavy atom.